The molecule has 0 amide bonds. The van der Waals surface area contributed by atoms with Crippen molar-refractivity contribution < 1.29 is 9.47 Å². The predicted molar refractivity (Wildman–Crippen MR) is 38.8 cm³/mol. The standard InChI is InChI=1S/C7H15NO2/c1-7(2)9-4-6(8-3)5-10-7/h6,8H,4-5H2,1-3H3. The fourth-order valence-corrected chi connectivity index (χ4v) is 0.859. The van der Waals surface area contributed by atoms with E-state index in [0.29, 0.717) is 6.04 Å². The molecule has 1 heterocycles. The third-order valence-electron chi connectivity index (χ3n) is 1.67. The lowest BCUT2D eigenvalue weighted by Crippen LogP contribution is -2.47. The summed E-state index contributed by atoms with van der Waals surface area (Å²) in [7, 11) is 1.91. The summed E-state index contributed by atoms with van der Waals surface area (Å²) in [4.78, 5) is 0. The Kier molecular flexibility index (Phi) is 2.28. The first kappa shape index (κ1) is 7.98. The Bertz CT molecular complexity index is 104. The van der Waals surface area contributed by atoms with Crippen molar-refractivity contribution in [2.24, 2.45) is 0 Å². The van der Waals surface area contributed by atoms with E-state index >= 15 is 0 Å². The topological polar surface area (TPSA) is 30.5 Å². The molecule has 10 heavy (non-hydrogen) atoms. The highest BCUT2D eigenvalue weighted by Crippen LogP contribution is 2.16. The molecular weight excluding hydrogens is 130 g/mol. The average Bonchev–Trinajstić information content (AvgIpc) is 1.88. The third-order valence-corrected chi connectivity index (χ3v) is 1.67. The number of rotatable bonds is 1. The fraction of sp³-hybridized carbons (Fsp3) is 1.00. The van der Waals surface area contributed by atoms with Crippen molar-refractivity contribution in [2.45, 2.75) is 25.7 Å². The number of ether oxygens (including phenoxy) is 2. The summed E-state index contributed by atoms with van der Waals surface area (Å²) in [6, 6.07) is 0.355. The van der Waals surface area contributed by atoms with Gasteiger partial charge in [0, 0.05) is 0 Å². The minimum Gasteiger partial charge on any atom is -0.349 e. The van der Waals surface area contributed by atoms with Crippen molar-refractivity contribution in [3.8, 4) is 0 Å². The van der Waals surface area contributed by atoms with Crippen molar-refractivity contribution in [1.29, 1.82) is 0 Å². The molecule has 1 rings (SSSR count). The van der Waals surface area contributed by atoms with E-state index in [4.69, 9.17) is 9.47 Å². The van der Waals surface area contributed by atoms with Crippen LogP contribution in [0.1, 0.15) is 13.8 Å². The molecule has 1 aliphatic heterocycles. The molecule has 3 heteroatoms. The molecule has 0 spiro atoms. The Morgan fingerprint density at radius 1 is 1.30 bits per heavy atom. The van der Waals surface area contributed by atoms with Gasteiger partial charge in [-0.15, -0.1) is 0 Å². The van der Waals surface area contributed by atoms with Crippen LogP contribution < -0.4 is 5.32 Å². The Hall–Kier alpha value is -0.120. The van der Waals surface area contributed by atoms with Crippen LogP contribution in [0.25, 0.3) is 0 Å². The van der Waals surface area contributed by atoms with Gasteiger partial charge in [-0.1, -0.05) is 0 Å². The van der Waals surface area contributed by atoms with Gasteiger partial charge in [0.15, 0.2) is 5.79 Å². The molecule has 0 radical (unpaired) electrons. The van der Waals surface area contributed by atoms with Gasteiger partial charge in [0.2, 0.25) is 0 Å². The molecule has 0 aliphatic carbocycles. The van der Waals surface area contributed by atoms with Crippen LogP contribution in [0.2, 0.25) is 0 Å². The van der Waals surface area contributed by atoms with E-state index in [0.717, 1.165) is 13.2 Å². The molecule has 0 saturated carbocycles. The number of likely N-dealkylation sites (N-methyl/N-ethyl adjacent to an activating group) is 1. The van der Waals surface area contributed by atoms with Crippen molar-refractivity contribution in [1.82, 2.24) is 5.32 Å². The van der Waals surface area contributed by atoms with E-state index in [1.54, 1.807) is 0 Å². The number of hydrogen-bond donors (Lipinski definition) is 1. The molecule has 0 bridgehead atoms. The van der Waals surface area contributed by atoms with Crippen LogP contribution in [0.4, 0.5) is 0 Å². The predicted octanol–water partition coefficient (Wildman–Crippen LogP) is 0.357. The Morgan fingerprint density at radius 3 is 2.20 bits per heavy atom. The first-order valence-electron chi connectivity index (χ1n) is 3.59. The highest BCUT2D eigenvalue weighted by Gasteiger charge is 2.26. The summed E-state index contributed by atoms with van der Waals surface area (Å²) in [6.07, 6.45) is 0. The summed E-state index contributed by atoms with van der Waals surface area (Å²) in [5.74, 6) is -0.382. The molecule has 0 unspecified atom stereocenters. The monoisotopic (exact) mass is 145 g/mol. The maximum absolute atomic E-state index is 5.38. The van der Waals surface area contributed by atoms with Crippen LogP contribution in [0.15, 0.2) is 0 Å². The normalized spacial score (nSPS) is 26.7. The summed E-state index contributed by atoms with van der Waals surface area (Å²) >= 11 is 0. The molecule has 1 aliphatic rings. The maximum atomic E-state index is 5.38. The second-order valence-corrected chi connectivity index (χ2v) is 3.01. The van der Waals surface area contributed by atoms with Crippen molar-refractivity contribution in [2.75, 3.05) is 20.3 Å². The molecule has 0 aromatic carbocycles. The fourth-order valence-electron chi connectivity index (χ4n) is 0.859. The van der Waals surface area contributed by atoms with Crippen LogP contribution in [0, 0.1) is 0 Å². The molecule has 0 atom stereocenters. The minimum atomic E-state index is -0.382. The van der Waals surface area contributed by atoms with Gasteiger partial charge in [0.25, 0.3) is 0 Å². The molecule has 1 saturated heterocycles. The van der Waals surface area contributed by atoms with E-state index in [1.165, 1.54) is 0 Å². The second kappa shape index (κ2) is 2.86. The van der Waals surface area contributed by atoms with Crippen LogP contribution >= 0.6 is 0 Å². The molecule has 1 fully saturated rings. The molecule has 3 nitrogen and oxygen atoms in total. The first-order valence-corrected chi connectivity index (χ1v) is 3.59. The van der Waals surface area contributed by atoms with Gasteiger partial charge in [-0.3, -0.25) is 0 Å². The molecule has 0 aromatic rings. The largest absolute Gasteiger partial charge is 0.349 e. The third kappa shape index (κ3) is 1.94. The molecule has 0 aromatic heterocycles. The first-order chi connectivity index (χ1) is 4.64. The molecule has 1 N–H and O–H groups in total. The lowest BCUT2D eigenvalue weighted by atomic mass is 10.2. The Labute approximate surface area is 61.7 Å². The van der Waals surface area contributed by atoms with E-state index in [2.05, 4.69) is 5.32 Å². The second-order valence-electron chi connectivity index (χ2n) is 3.01. The lowest BCUT2D eigenvalue weighted by Gasteiger charge is -2.34. The lowest BCUT2D eigenvalue weighted by molar-refractivity contribution is -0.252. The quantitative estimate of drug-likeness (QED) is 0.578. The number of nitrogens with one attached hydrogen (secondary N) is 1. The van der Waals surface area contributed by atoms with Crippen LogP contribution in [0.3, 0.4) is 0 Å². The zero-order valence-corrected chi connectivity index (χ0v) is 6.81. The van der Waals surface area contributed by atoms with Gasteiger partial charge in [0.05, 0.1) is 19.3 Å². The van der Waals surface area contributed by atoms with Crippen molar-refractivity contribution in [3.05, 3.63) is 0 Å². The Morgan fingerprint density at radius 2 is 1.80 bits per heavy atom. The highest BCUT2D eigenvalue weighted by atomic mass is 16.7. The van der Waals surface area contributed by atoms with Crippen LogP contribution in [0.5, 0.6) is 0 Å². The zero-order valence-electron chi connectivity index (χ0n) is 6.81. The van der Waals surface area contributed by atoms with Crippen LogP contribution in [-0.4, -0.2) is 32.1 Å². The zero-order chi connectivity index (χ0) is 7.61. The van der Waals surface area contributed by atoms with Crippen LogP contribution in [-0.2, 0) is 9.47 Å². The smallest absolute Gasteiger partial charge is 0.162 e. The summed E-state index contributed by atoms with van der Waals surface area (Å²) < 4.78 is 10.8. The Balaban J connectivity index is 2.31. The van der Waals surface area contributed by atoms with E-state index in [9.17, 15) is 0 Å². The van der Waals surface area contributed by atoms with Gasteiger partial charge < -0.3 is 14.8 Å². The van der Waals surface area contributed by atoms with Gasteiger partial charge in [0.1, 0.15) is 0 Å². The van der Waals surface area contributed by atoms with Gasteiger partial charge in [-0.05, 0) is 20.9 Å². The summed E-state index contributed by atoms with van der Waals surface area (Å²) in [5.41, 5.74) is 0. The summed E-state index contributed by atoms with van der Waals surface area (Å²) in [6.45, 7) is 5.34. The van der Waals surface area contributed by atoms with Gasteiger partial charge in [-0.25, -0.2) is 0 Å². The summed E-state index contributed by atoms with van der Waals surface area (Å²) in [5, 5.41) is 3.09. The molecular formula is C7H15NO2. The van der Waals surface area contributed by atoms with Crippen molar-refractivity contribution >= 4 is 0 Å². The van der Waals surface area contributed by atoms with Crippen molar-refractivity contribution in [3.63, 3.8) is 0 Å². The average molecular weight is 145 g/mol. The SMILES string of the molecule is CNC1COC(C)(C)OC1. The molecule has 60 valence electrons. The minimum absolute atomic E-state index is 0.355. The number of hydrogen-bond acceptors (Lipinski definition) is 3. The maximum Gasteiger partial charge on any atom is 0.162 e. The van der Waals surface area contributed by atoms with Gasteiger partial charge in [-0.2, -0.15) is 0 Å². The van der Waals surface area contributed by atoms with E-state index in [1.807, 2.05) is 20.9 Å². The van der Waals surface area contributed by atoms with Gasteiger partial charge >= 0.3 is 0 Å². The van der Waals surface area contributed by atoms with E-state index in [-0.39, 0.29) is 5.79 Å². The highest BCUT2D eigenvalue weighted by molar-refractivity contribution is 4.70. The van der Waals surface area contributed by atoms with E-state index < -0.39 is 0 Å².